The van der Waals surface area contributed by atoms with E-state index < -0.39 is 5.82 Å². The average Bonchev–Trinajstić information content (AvgIpc) is 2.16. The summed E-state index contributed by atoms with van der Waals surface area (Å²) in [6, 6.07) is 3.83. The van der Waals surface area contributed by atoms with Gasteiger partial charge in [-0.15, -0.1) is 0 Å². The molecule has 0 saturated heterocycles. The fourth-order valence-corrected chi connectivity index (χ4v) is 1.70. The molecule has 0 heterocycles. The minimum Gasteiger partial charge on any atom is -0.335 e. The molecular formula is C11H12ClFN2O. The maximum absolute atomic E-state index is 12.7. The maximum atomic E-state index is 12.7. The molecule has 1 aliphatic carbocycles. The molecule has 2 N–H and O–H groups in total. The molecule has 0 unspecified atom stereocenters. The molecule has 3 nitrogen and oxygen atoms in total. The number of benzene rings is 1. The minimum atomic E-state index is -0.421. The molecule has 2 rings (SSSR count). The molecule has 1 fully saturated rings. The van der Waals surface area contributed by atoms with Crippen LogP contribution in [0.5, 0.6) is 0 Å². The van der Waals surface area contributed by atoms with Gasteiger partial charge in [0.1, 0.15) is 5.82 Å². The Morgan fingerprint density at radius 1 is 1.44 bits per heavy atom. The van der Waals surface area contributed by atoms with Crippen molar-refractivity contribution in [3.63, 3.8) is 0 Å². The number of amides is 2. The zero-order chi connectivity index (χ0) is 11.5. The highest BCUT2D eigenvalue weighted by atomic mass is 35.5. The first kappa shape index (κ1) is 11.2. The summed E-state index contributed by atoms with van der Waals surface area (Å²) in [5.74, 6) is -0.421. The number of carbonyl (C=O) groups excluding carboxylic acids is 1. The fraction of sp³-hybridized carbons (Fsp3) is 0.364. The van der Waals surface area contributed by atoms with Crippen molar-refractivity contribution in [3.05, 3.63) is 29.0 Å². The first-order chi connectivity index (χ1) is 7.65. The third kappa shape index (κ3) is 2.64. The van der Waals surface area contributed by atoms with Gasteiger partial charge < -0.3 is 10.6 Å². The van der Waals surface area contributed by atoms with E-state index in [1.54, 1.807) is 0 Å². The number of hydrogen-bond acceptors (Lipinski definition) is 1. The van der Waals surface area contributed by atoms with E-state index in [0.29, 0.717) is 5.69 Å². The summed E-state index contributed by atoms with van der Waals surface area (Å²) in [6.45, 7) is 0. The predicted octanol–water partition coefficient (Wildman–Crippen LogP) is 3.15. The van der Waals surface area contributed by atoms with Crippen LogP contribution < -0.4 is 10.6 Å². The van der Waals surface area contributed by atoms with Gasteiger partial charge in [0.05, 0.1) is 10.7 Å². The van der Waals surface area contributed by atoms with Crippen molar-refractivity contribution in [2.45, 2.75) is 25.3 Å². The van der Waals surface area contributed by atoms with E-state index >= 15 is 0 Å². The number of hydrogen-bond donors (Lipinski definition) is 2. The van der Waals surface area contributed by atoms with E-state index in [2.05, 4.69) is 10.6 Å². The summed E-state index contributed by atoms with van der Waals surface area (Å²) in [4.78, 5) is 11.5. The topological polar surface area (TPSA) is 41.1 Å². The summed E-state index contributed by atoms with van der Waals surface area (Å²) >= 11 is 5.78. The van der Waals surface area contributed by atoms with Crippen LogP contribution in [0.25, 0.3) is 0 Å². The lowest BCUT2D eigenvalue weighted by molar-refractivity contribution is 0.240. The molecule has 0 aliphatic heterocycles. The SMILES string of the molecule is O=C(Nc1ccc(F)cc1Cl)NC1CCC1. The van der Waals surface area contributed by atoms with Crippen molar-refractivity contribution in [1.82, 2.24) is 5.32 Å². The van der Waals surface area contributed by atoms with Gasteiger partial charge in [-0.2, -0.15) is 0 Å². The summed E-state index contributed by atoms with van der Waals surface area (Å²) in [7, 11) is 0. The number of nitrogens with one attached hydrogen (secondary N) is 2. The molecule has 86 valence electrons. The second kappa shape index (κ2) is 4.70. The lowest BCUT2D eigenvalue weighted by atomic mass is 9.93. The lowest BCUT2D eigenvalue weighted by Gasteiger charge is -2.26. The Morgan fingerprint density at radius 3 is 2.75 bits per heavy atom. The van der Waals surface area contributed by atoms with Crippen molar-refractivity contribution in [3.8, 4) is 0 Å². The first-order valence-electron chi connectivity index (χ1n) is 5.18. The van der Waals surface area contributed by atoms with E-state index in [9.17, 15) is 9.18 Å². The van der Waals surface area contributed by atoms with Gasteiger partial charge in [-0.05, 0) is 37.5 Å². The van der Waals surface area contributed by atoms with E-state index in [-0.39, 0.29) is 17.1 Å². The summed E-state index contributed by atoms with van der Waals surface area (Å²) < 4.78 is 12.7. The number of urea groups is 1. The van der Waals surface area contributed by atoms with Crippen LogP contribution in [-0.2, 0) is 0 Å². The van der Waals surface area contributed by atoms with Crippen molar-refractivity contribution in [2.75, 3.05) is 5.32 Å². The van der Waals surface area contributed by atoms with Crippen LogP contribution in [0.2, 0.25) is 5.02 Å². The van der Waals surface area contributed by atoms with E-state index in [0.717, 1.165) is 19.3 Å². The highest BCUT2D eigenvalue weighted by Crippen LogP contribution is 2.23. The van der Waals surface area contributed by atoms with Crippen molar-refractivity contribution in [2.24, 2.45) is 0 Å². The second-order valence-corrected chi connectivity index (χ2v) is 4.26. The zero-order valence-electron chi connectivity index (χ0n) is 8.59. The van der Waals surface area contributed by atoms with E-state index in [1.165, 1.54) is 18.2 Å². The van der Waals surface area contributed by atoms with Crippen LogP contribution in [0.3, 0.4) is 0 Å². The Balaban J connectivity index is 1.94. The van der Waals surface area contributed by atoms with Crippen LogP contribution in [0, 0.1) is 5.82 Å². The Labute approximate surface area is 98.0 Å². The highest BCUT2D eigenvalue weighted by molar-refractivity contribution is 6.33. The molecule has 0 radical (unpaired) electrons. The van der Waals surface area contributed by atoms with Crippen LogP contribution in [0.1, 0.15) is 19.3 Å². The molecule has 1 aromatic carbocycles. The van der Waals surface area contributed by atoms with Crippen molar-refractivity contribution >= 4 is 23.3 Å². The van der Waals surface area contributed by atoms with Gasteiger partial charge >= 0.3 is 6.03 Å². The van der Waals surface area contributed by atoms with Crippen molar-refractivity contribution in [1.29, 1.82) is 0 Å². The molecule has 1 aromatic rings. The minimum absolute atomic E-state index is 0.198. The lowest BCUT2D eigenvalue weighted by Crippen LogP contribution is -2.41. The van der Waals surface area contributed by atoms with Gasteiger partial charge in [0, 0.05) is 6.04 Å². The monoisotopic (exact) mass is 242 g/mol. The molecule has 0 atom stereocenters. The van der Waals surface area contributed by atoms with Gasteiger partial charge in [-0.25, -0.2) is 9.18 Å². The molecule has 1 aliphatic rings. The Hall–Kier alpha value is -1.29. The number of anilines is 1. The average molecular weight is 243 g/mol. The van der Waals surface area contributed by atoms with Gasteiger partial charge in [0.2, 0.25) is 0 Å². The first-order valence-corrected chi connectivity index (χ1v) is 5.55. The zero-order valence-corrected chi connectivity index (χ0v) is 9.35. The largest absolute Gasteiger partial charge is 0.335 e. The second-order valence-electron chi connectivity index (χ2n) is 3.85. The molecule has 2 amide bonds. The van der Waals surface area contributed by atoms with Gasteiger partial charge in [0.25, 0.3) is 0 Å². The summed E-state index contributed by atoms with van der Waals surface area (Å²) in [5.41, 5.74) is 0.417. The Kier molecular flexibility index (Phi) is 3.29. The third-order valence-corrected chi connectivity index (χ3v) is 2.93. The smallest absolute Gasteiger partial charge is 0.319 e. The fourth-order valence-electron chi connectivity index (χ4n) is 1.49. The van der Waals surface area contributed by atoms with Crippen molar-refractivity contribution < 1.29 is 9.18 Å². The molecule has 16 heavy (non-hydrogen) atoms. The molecule has 5 heteroatoms. The number of rotatable bonds is 2. The molecular weight excluding hydrogens is 231 g/mol. The van der Waals surface area contributed by atoms with Gasteiger partial charge in [-0.1, -0.05) is 11.6 Å². The Morgan fingerprint density at radius 2 is 2.19 bits per heavy atom. The van der Waals surface area contributed by atoms with Crippen LogP contribution in [0.4, 0.5) is 14.9 Å². The standard InChI is InChI=1S/C11H12ClFN2O/c12-9-6-7(13)4-5-10(9)15-11(16)14-8-2-1-3-8/h4-6,8H,1-3H2,(H2,14,15,16). The quantitative estimate of drug-likeness (QED) is 0.822. The number of halogens is 2. The Bertz CT molecular complexity index is 407. The summed E-state index contributed by atoms with van der Waals surface area (Å²) in [6.07, 6.45) is 3.19. The van der Waals surface area contributed by atoms with Crippen LogP contribution >= 0.6 is 11.6 Å². The molecule has 0 bridgehead atoms. The highest BCUT2D eigenvalue weighted by Gasteiger charge is 2.19. The molecule has 1 saturated carbocycles. The van der Waals surface area contributed by atoms with Crippen LogP contribution in [-0.4, -0.2) is 12.1 Å². The number of carbonyl (C=O) groups is 1. The molecule has 0 aromatic heterocycles. The third-order valence-electron chi connectivity index (χ3n) is 2.62. The molecule has 0 spiro atoms. The van der Waals surface area contributed by atoms with Crippen LogP contribution in [0.15, 0.2) is 18.2 Å². The van der Waals surface area contributed by atoms with Gasteiger partial charge in [-0.3, -0.25) is 0 Å². The maximum Gasteiger partial charge on any atom is 0.319 e. The van der Waals surface area contributed by atoms with E-state index in [4.69, 9.17) is 11.6 Å². The normalized spacial score (nSPS) is 15.4. The summed E-state index contributed by atoms with van der Waals surface area (Å²) in [5, 5.41) is 5.59. The van der Waals surface area contributed by atoms with E-state index in [1.807, 2.05) is 0 Å². The predicted molar refractivity (Wildman–Crippen MR) is 61.2 cm³/mol. The van der Waals surface area contributed by atoms with Gasteiger partial charge in [0.15, 0.2) is 0 Å².